The molecule has 8 nitrogen and oxygen atoms in total. The zero-order chi connectivity index (χ0) is 17.6. The molecule has 0 spiro atoms. The molecule has 0 aliphatic carbocycles. The van der Waals surface area contributed by atoms with Crippen molar-refractivity contribution in [2.24, 2.45) is 7.05 Å². The molecule has 0 aliphatic heterocycles. The second kappa shape index (κ2) is 7.61. The van der Waals surface area contributed by atoms with Gasteiger partial charge in [-0.2, -0.15) is 5.10 Å². The van der Waals surface area contributed by atoms with Crippen LogP contribution in [-0.2, 0) is 24.9 Å². The quantitative estimate of drug-likeness (QED) is 0.708. The van der Waals surface area contributed by atoms with Gasteiger partial charge in [0.2, 0.25) is 11.8 Å². The fourth-order valence-corrected chi connectivity index (χ4v) is 2.26. The van der Waals surface area contributed by atoms with E-state index < -0.39 is 0 Å². The molecule has 1 N–H and O–H groups in total. The van der Waals surface area contributed by atoms with Gasteiger partial charge in [-0.3, -0.25) is 9.48 Å². The van der Waals surface area contributed by atoms with Gasteiger partial charge in [-0.15, -0.1) is 10.2 Å². The van der Waals surface area contributed by atoms with Gasteiger partial charge in [-0.05, 0) is 36.2 Å². The van der Waals surface area contributed by atoms with Gasteiger partial charge in [-0.25, -0.2) is 0 Å². The lowest BCUT2D eigenvalue weighted by molar-refractivity contribution is -0.116. The van der Waals surface area contributed by atoms with Crippen LogP contribution in [0, 0.1) is 6.92 Å². The Morgan fingerprint density at radius 2 is 2.08 bits per heavy atom. The lowest BCUT2D eigenvalue weighted by Crippen LogP contribution is -2.12. The number of hydrogen-bond donors (Lipinski definition) is 1. The molecule has 8 heteroatoms. The van der Waals surface area contributed by atoms with Crippen LogP contribution in [0.5, 0.6) is 5.75 Å². The van der Waals surface area contributed by atoms with Crippen LogP contribution in [0.2, 0.25) is 0 Å². The predicted molar refractivity (Wildman–Crippen MR) is 90.0 cm³/mol. The van der Waals surface area contributed by atoms with Crippen molar-refractivity contribution in [1.82, 2.24) is 20.0 Å². The van der Waals surface area contributed by atoms with Gasteiger partial charge in [0.25, 0.3) is 5.89 Å². The third kappa shape index (κ3) is 4.90. The number of anilines is 1. The summed E-state index contributed by atoms with van der Waals surface area (Å²) in [4.78, 5) is 12.0. The van der Waals surface area contributed by atoms with E-state index in [-0.39, 0.29) is 12.5 Å². The standard InChI is InChI=1S/C17H19N5O3/c1-12-20-21-17(25-12)11-24-15-6-4-14(5-7-15)19-16(23)8-3-13-9-18-22(2)10-13/h4-7,9-10H,3,8,11H2,1-2H3,(H,19,23). The topological polar surface area (TPSA) is 95.1 Å². The first-order valence-corrected chi connectivity index (χ1v) is 7.88. The number of amides is 1. The summed E-state index contributed by atoms with van der Waals surface area (Å²) in [6.07, 6.45) is 4.74. The van der Waals surface area contributed by atoms with E-state index in [9.17, 15) is 4.79 Å². The number of aromatic nitrogens is 4. The Labute approximate surface area is 144 Å². The second-order valence-electron chi connectivity index (χ2n) is 5.60. The van der Waals surface area contributed by atoms with Gasteiger partial charge in [-0.1, -0.05) is 0 Å². The number of hydrogen-bond acceptors (Lipinski definition) is 6. The minimum absolute atomic E-state index is 0.0427. The molecule has 0 atom stereocenters. The van der Waals surface area contributed by atoms with Crippen molar-refractivity contribution in [2.45, 2.75) is 26.4 Å². The van der Waals surface area contributed by atoms with Crippen LogP contribution in [0.25, 0.3) is 0 Å². The molecule has 0 fully saturated rings. The molecule has 0 aliphatic rings. The van der Waals surface area contributed by atoms with Crippen LogP contribution in [0.1, 0.15) is 23.8 Å². The van der Waals surface area contributed by atoms with Crippen molar-refractivity contribution in [3.05, 3.63) is 54.0 Å². The molecule has 0 unspecified atom stereocenters. The molecule has 0 radical (unpaired) electrons. The third-order valence-corrected chi connectivity index (χ3v) is 3.47. The summed E-state index contributed by atoms with van der Waals surface area (Å²) in [5.74, 6) is 1.54. The van der Waals surface area contributed by atoms with Crippen LogP contribution in [0.3, 0.4) is 0 Å². The fourth-order valence-electron chi connectivity index (χ4n) is 2.26. The summed E-state index contributed by atoms with van der Waals surface area (Å²) >= 11 is 0. The van der Waals surface area contributed by atoms with Crippen molar-refractivity contribution in [2.75, 3.05) is 5.32 Å². The highest BCUT2D eigenvalue weighted by molar-refractivity contribution is 5.90. The normalized spacial score (nSPS) is 10.6. The average molecular weight is 341 g/mol. The molecule has 3 rings (SSSR count). The number of rotatable bonds is 7. The van der Waals surface area contributed by atoms with Crippen molar-refractivity contribution in [3.63, 3.8) is 0 Å². The molecule has 25 heavy (non-hydrogen) atoms. The van der Waals surface area contributed by atoms with Gasteiger partial charge in [0.1, 0.15) is 5.75 Å². The van der Waals surface area contributed by atoms with Gasteiger partial charge >= 0.3 is 0 Å². The smallest absolute Gasteiger partial charge is 0.253 e. The minimum atomic E-state index is -0.0427. The Morgan fingerprint density at radius 1 is 1.28 bits per heavy atom. The van der Waals surface area contributed by atoms with E-state index in [4.69, 9.17) is 9.15 Å². The van der Waals surface area contributed by atoms with Gasteiger partial charge in [0, 0.05) is 32.3 Å². The third-order valence-electron chi connectivity index (χ3n) is 3.47. The summed E-state index contributed by atoms with van der Waals surface area (Å²) in [7, 11) is 1.85. The van der Waals surface area contributed by atoms with E-state index in [0.717, 1.165) is 11.3 Å². The molecular formula is C17H19N5O3. The Morgan fingerprint density at radius 3 is 2.72 bits per heavy atom. The first kappa shape index (κ1) is 16.7. The maximum absolute atomic E-state index is 12.0. The number of carbonyl (C=O) groups is 1. The minimum Gasteiger partial charge on any atom is -0.484 e. The van der Waals surface area contributed by atoms with E-state index in [1.54, 1.807) is 42.1 Å². The number of aryl methyl sites for hydroxylation is 3. The van der Waals surface area contributed by atoms with Crippen LogP contribution in [0.4, 0.5) is 5.69 Å². The number of benzene rings is 1. The largest absolute Gasteiger partial charge is 0.484 e. The number of ether oxygens (including phenoxy) is 1. The van der Waals surface area contributed by atoms with Gasteiger partial charge in [0.05, 0.1) is 6.20 Å². The molecule has 1 aromatic carbocycles. The highest BCUT2D eigenvalue weighted by Gasteiger charge is 2.06. The molecule has 1 amide bonds. The summed E-state index contributed by atoms with van der Waals surface area (Å²) in [6, 6.07) is 7.13. The highest BCUT2D eigenvalue weighted by Crippen LogP contribution is 2.17. The molecule has 0 saturated heterocycles. The monoisotopic (exact) mass is 341 g/mol. The molecule has 0 saturated carbocycles. The highest BCUT2D eigenvalue weighted by atomic mass is 16.5. The van der Waals surface area contributed by atoms with Crippen molar-refractivity contribution < 1.29 is 13.9 Å². The summed E-state index contributed by atoms with van der Waals surface area (Å²) in [5, 5.41) is 14.5. The summed E-state index contributed by atoms with van der Waals surface area (Å²) < 4.78 is 12.5. The Hall–Kier alpha value is -3.16. The van der Waals surface area contributed by atoms with Gasteiger partial charge in [0.15, 0.2) is 6.61 Å². The van der Waals surface area contributed by atoms with Crippen LogP contribution < -0.4 is 10.1 Å². The predicted octanol–water partition coefficient (Wildman–Crippen LogP) is 2.26. The molecule has 3 aromatic rings. The van der Waals surface area contributed by atoms with E-state index in [1.165, 1.54) is 0 Å². The van der Waals surface area contributed by atoms with Crippen molar-refractivity contribution >= 4 is 11.6 Å². The van der Waals surface area contributed by atoms with E-state index in [1.807, 2.05) is 13.2 Å². The summed E-state index contributed by atoms with van der Waals surface area (Å²) in [5.41, 5.74) is 1.76. The molecule has 0 bridgehead atoms. The van der Waals surface area contributed by atoms with Crippen molar-refractivity contribution in [3.8, 4) is 5.75 Å². The molecule has 2 aromatic heterocycles. The van der Waals surface area contributed by atoms with Crippen LogP contribution in [-0.4, -0.2) is 25.9 Å². The number of nitrogens with one attached hydrogen (secondary N) is 1. The van der Waals surface area contributed by atoms with Crippen molar-refractivity contribution in [1.29, 1.82) is 0 Å². The Bertz CT molecular complexity index is 838. The Balaban J connectivity index is 1.45. The van der Waals surface area contributed by atoms with Crippen LogP contribution in [0.15, 0.2) is 41.1 Å². The second-order valence-corrected chi connectivity index (χ2v) is 5.60. The first-order chi connectivity index (χ1) is 12.1. The van der Waals surface area contributed by atoms with E-state index in [0.29, 0.717) is 30.4 Å². The van der Waals surface area contributed by atoms with E-state index >= 15 is 0 Å². The lowest BCUT2D eigenvalue weighted by atomic mass is 10.2. The fraction of sp³-hybridized carbons (Fsp3) is 0.294. The zero-order valence-electron chi connectivity index (χ0n) is 14.1. The molecule has 2 heterocycles. The van der Waals surface area contributed by atoms with E-state index in [2.05, 4.69) is 20.6 Å². The average Bonchev–Trinajstić information content (AvgIpc) is 3.20. The SMILES string of the molecule is Cc1nnc(COc2ccc(NC(=O)CCc3cnn(C)c3)cc2)o1. The van der Waals surface area contributed by atoms with Gasteiger partial charge < -0.3 is 14.5 Å². The maximum Gasteiger partial charge on any atom is 0.253 e. The number of nitrogens with zero attached hydrogens (tertiary/aromatic N) is 4. The summed E-state index contributed by atoms with van der Waals surface area (Å²) in [6.45, 7) is 1.93. The Kier molecular flexibility index (Phi) is 5.08. The van der Waals surface area contributed by atoms with Crippen LogP contribution >= 0.6 is 0 Å². The molecule has 130 valence electrons. The number of carbonyl (C=O) groups excluding carboxylic acids is 1. The zero-order valence-corrected chi connectivity index (χ0v) is 14.1. The molecular weight excluding hydrogens is 322 g/mol. The lowest BCUT2D eigenvalue weighted by Gasteiger charge is -2.07. The maximum atomic E-state index is 12.0. The first-order valence-electron chi connectivity index (χ1n) is 7.88.